The van der Waals surface area contributed by atoms with Gasteiger partial charge in [-0.2, -0.15) is 5.10 Å². The second-order valence-corrected chi connectivity index (χ2v) is 3.46. The summed E-state index contributed by atoms with van der Waals surface area (Å²) in [6, 6.07) is 0. The molecule has 1 amide bonds. The molecular formula is C10H18N4O. The minimum Gasteiger partial charge on any atom is -0.396 e. The van der Waals surface area contributed by atoms with Crippen LogP contribution in [0.3, 0.4) is 0 Å². The van der Waals surface area contributed by atoms with E-state index in [0.717, 1.165) is 13.0 Å². The summed E-state index contributed by atoms with van der Waals surface area (Å²) in [5.74, 6) is -0.0446. The number of carbonyl (C=O) groups excluding carboxylic acids is 1. The van der Waals surface area contributed by atoms with E-state index in [-0.39, 0.29) is 5.91 Å². The second kappa shape index (κ2) is 4.82. The second-order valence-electron chi connectivity index (χ2n) is 3.46. The highest BCUT2D eigenvalue weighted by atomic mass is 16.2. The number of aryl methyl sites for hydroxylation is 1. The monoisotopic (exact) mass is 210 g/mol. The first-order valence-electron chi connectivity index (χ1n) is 5.18. The van der Waals surface area contributed by atoms with Crippen LogP contribution >= 0.6 is 0 Å². The van der Waals surface area contributed by atoms with Crippen molar-refractivity contribution in [2.45, 2.75) is 20.3 Å². The Labute approximate surface area is 89.9 Å². The van der Waals surface area contributed by atoms with Gasteiger partial charge in [-0.1, -0.05) is 6.92 Å². The van der Waals surface area contributed by atoms with E-state index in [0.29, 0.717) is 17.9 Å². The Morgan fingerprint density at radius 3 is 2.67 bits per heavy atom. The summed E-state index contributed by atoms with van der Waals surface area (Å²) in [4.78, 5) is 13.8. The van der Waals surface area contributed by atoms with Crippen LogP contribution in [-0.2, 0) is 7.05 Å². The van der Waals surface area contributed by atoms with Crippen LogP contribution in [0, 0.1) is 0 Å². The fourth-order valence-electron chi connectivity index (χ4n) is 1.54. The SMILES string of the molecule is CCCN(CC)C(=O)c1c(N)cnn1C. The van der Waals surface area contributed by atoms with E-state index in [1.54, 1.807) is 11.9 Å². The van der Waals surface area contributed by atoms with Crippen molar-refractivity contribution in [2.75, 3.05) is 18.8 Å². The molecule has 0 unspecified atom stereocenters. The van der Waals surface area contributed by atoms with Gasteiger partial charge < -0.3 is 10.6 Å². The van der Waals surface area contributed by atoms with Crippen molar-refractivity contribution >= 4 is 11.6 Å². The minimum absolute atomic E-state index is 0.0446. The lowest BCUT2D eigenvalue weighted by atomic mass is 10.3. The molecule has 5 heteroatoms. The molecule has 0 aliphatic rings. The summed E-state index contributed by atoms with van der Waals surface area (Å²) < 4.78 is 1.52. The Hall–Kier alpha value is -1.52. The number of hydrogen-bond acceptors (Lipinski definition) is 3. The standard InChI is InChI=1S/C10H18N4O/c1-4-6-14(5-2)10(15)9-8(11)7-12-13(9)3/h7H,4-6,11H2,1-3H3. The highest BCUT2D eigenvalue weighted by molar-refractivity contribution is 5.97. The molecule has 0 saturated heterocycles. The van der Waals surface area contributed by atoms with Crippen LogP contribution in [0.4, 0.5) is 5.69 Å². The molecule has 5 nitrogen and oxygen atoms in total. The van der Waals surface area contributed by atoms with Gasteiger partial charge in [0.25, 0.3) is 5.91 Å². The van der Waals surface area contributed by atoms with Gasteiger partial charge in [-0.05, 0) is 13.3 Å². The van der Waals surface area contributed by atoms with E-state index in [2.05, 4.69) is 5.10 Å². The van der Waals surface area contributed by atoms with Crippen molar-refractivity contribution in [1.29, 1.82) is 0 Å². The molecule has 0 aromatic carbocycles. The van der Waals surface area contributed by atoms with Crippen LogP contribution in [0.25, 0.3) is 0 Å². The number of aromatic nitrogens is 2. The molecule has 1 aromatic rings. The lowest BCUT2D eigenvalue weighted by Crippen LogP contribution is -2.33. The normalized spacial score (nSPS) is 10.3. The van der Waals surface area contributed by atoms with Gasteiger partial charge in [-0.3, -0.25) is 9.48 Å². The quantitative estimate of drug-likeness (QED) is 0.802. The van der Waals surface area contributed by atoms with Crippen LogP contribution < -0.4 is 5.73 Å². The average Bonchev–Trinajstić information content (AvgIpc) is 2.54. The van der Waals surface area contributed by atoms with Gasteiger partial charge in [0.05, 0.1) is 11.9 Å². The van der Waals surface area contributed by atoms with E-state index < -0.39 is 0 Å². The maximum Gasteiger partial charge on any atom is 0.274 e. The lowest BCUT2D eigenvalue weighted by Gasteiger charge is -2.20. The van der Waals surface area contributed by atoms with Crippen molar-refractivity contribution in [3.8, 4) is 0 Å². The molecule has 0 aliphatic carbocycles. The molecule has 1 heterocycles. The predicted molar refractivity (Wildman–Crippen MR) is 59.5 cm³/mol. The van der Waals surface area contributed by atoms with Crippen LogP contribution in [-0.4, -0.2) is 33.7 Å². The van der Waals surface area contributed by atoms with Gasteiger partial charge in [-0.15, -0.1) is 0 Å². The molecule has 15 heavy (non-hydrogen) atoms. The summed E-state index contributed by atoms with van der Waals surface area (Å²) in [7, 11) is 1.73. The fourth-order valence-corrected chi connectivity index (χ4v) is 1.54. The van der Waals surface area contributed by atoms with Crippen molar-refractivity contribution in [1.82, 2.24) is 14.7 Å². The first-order chi connectivity index (χ1) is 7.11. The van der Waals surface area contributed by atoms with Crippen LogP contribution in [0.2, 0.25) is 0 Å². The summed E-state index contributed by atoms with van der Waals surface area (Å²) >= 11 is 0. The Bertz CT molecular complexity index is 326. The zero-order valence-electron chi connectivity index (χ0n) is 9.53. The van der Waals surface area contributed by atoms with Gasteiger partial charge in [0.15, 0.2) is 0 Å². The largest absolute Gasteiger partial charge is 0.396 e. The average molecular weight is 210 g/mol. The van der Waals surface area contributed by atoms with Crippen LogP contribution in [0.5, 0.6) is 0 Å². The molecule has 0 atom stereocenters. The van der Waals surface area contributed by atoms with Crippen molar-refractivity contribution in [3.63, 3.8) is 0 Å². The van der Waals surface area contributed by atoms with Gasteiger partial charge in [0.2, 0.25) is 0 Å². The smallest absolute Gasteiger partial charge is 0.274 e. The third-order valence-corrected chi connectivity index (χ3v) is 2.33. The van der Waals surface area contributed by atoms with Gasteiger partial charge in [0.1, 0.15) is 5.69 Å². The molecule has 0 radical (unpaired) electrons. The van der Waals surface area contributed by atoms with Crippen molar-refractivity contribution in [2.24, 2.45) is 7.05 Å². The first kappa shape index (κ1) is 11.6. The Morgan fingerprint density at radius 2 is 2.27 bits per heavy atom. The summed E-state index contributed by atoms with van der Waals surface area (Å²) in [5.41, 5.74) is 6.62. The number of carbonyl (C=O) groups is 1. The molecule has 84 valence electrons. The first-order valence-corrected chi connectivity index (χ1v) is 5.18. The van der Waals surface area contributed by atoms with Gasteiger partial charge >= 0.3 is 0 Å². The van der Waals surface area contributed by atoms with Gasteiger partial charge in [-0.25, -0.2) is 0 Å². The van der Waals surface area contributed by atoms with Gasteiger partial charge in [0, 0.05) is 20.1 Å². The summed E-state index contributed by atoms with van der Waals surface area (Å²) in [6.45, 7) is 5.44. The zero-order valence-corrected chi connectivity index (χ0v) is 9.53. The summed E-state index contributed by atoms with van der Waals surface area (Å²) in [6.07, 6.45) is 2.45. The Kier molecular flexibility index (Phi) is 3.71. The van der Waals surface area contributed by atoms with Crippen LogP contribution in [0.15, 0.2) is 6.20 Å². The number of amides is 1. The zero-order chi connectivity index (χ0) is 11.4. The Morgan fingerprint density at radius 1 is 1.60 bits per heavy atom. The Balaban J connectivity index is 2.92. The minimum atomic E-state index is -0.0446. The number of anilines is 1. The third kappa shape index (κ3) is 2.29. The maximum absolute atomic E-state index is 12.1. The number of rotatable bonds is 4. The van der Waals surface area contributed by atoms with E-state index in [1.807, 2.05) is 13.8 Å². The van der Waals surface area contributed by atoms with E-state index >= 15 is 0 Å². The summed E-state index contributed by atoms with van der Waals surface area (Å²) in [5, 5.41) is 3.96. The topological polar surface area (TPSA) is 64.2 Å². The highest BCUT2D eigenvalue weighted by Gasteiger charge is 2.19. The van der Waals surface area contributed by atoms with Crippen LogP contribution in [0.1, 0.15) is 30.8 Å². The van der Waals surface area contributed by atoms with E-state index in [1.165, 1.54) is 10.9 Å². The van der Waals surface area contributed by atoms with Crippen molar-refractivity contribution < 1.29 is 4.79 Å². The predicted octanol–water partition coefficient (Wildman–Crippen LogP) is 0.874. The lowest BCUT2D eigenvalue weighted by molar-refractivity contribution is 0.0754. The van der Waals surface area contributed by atoms with E-state index in [4.69, 9.17) is 5.73 Å². The van der Waals surface area contributed by atoms with Crippen molar-refractivity contribution in [3.05, 3.63) is 11.9 Å². The molecule has 0 spiro atoms. The number of nitrogens with two attached hydrogens (primary N) is 1. The number of nitrogens with zero attached hydrogens (tertiary/aromatic N) is 3. The molecule has 1 aromatic heterocycles. The highest BCUT2D eigenvalue weighted by Crippen LogP contribution is 2.12. The third-order valence-electron chi connectivity index (χ3n) is 2.33. The molecule has 1 rings (SSSR count). The maximum atomic E-state index is 12.1. The molecule has 2 N–H and O–H groups in total. The molecule has 0 aliphatic heterocycles. The molecular weight excluding hydrogens is 192 g/mol. The molecule has 0 bridgehead atoms. The fraction of sp³-hybridized carbons (Fsp3) is 0.600. The number of nitrogen functional groups attached to an aromatic ring is 1. The number of hydrogen-bond donors (Lipinski definition) is 1. The molecule has 0 saturated carbocycles. The van der Waals surface area contributed by atoms with E-state index in [9.17, 15) is 4.79 Å². The molecule has 0 fully saturated rings.